The Labute approximate surface area is 73.7 Å². The van der Waals surface area contributed by atoms with E-state index in [1.165, 1.54) is 0 Å². The number of benzene rings is 1. The molecule has 0 spiro atoms. The summed E-state index contributed by atoms with van der Waals surface area (Å²) in [7, 11) is 0. The maximum Gasteiger partial charge on any atom is 0.211 e. The molecule has 0 atom stereocenters. The standard InChI is InChI=1S/C8H8BrNO/c1-6-4-7(10-5-11)2-3-8(6)9/h2-5H,1H3,(H,10,11). The average Bonchev–Trinajstić information content (AvgIpc) is 1.98. The largest absolute Gasteiger partial charge is 0.329 e. The Morgan fingerprint density at radius 3 is 2.82 bits per heavy atom. The molecule has 0 saturated heterocycles. The van der Waals surface area contributed by atoms with Gasteiger partial charge in [0.05, 0.1) is 0 Å². The summed E-state index contributed by atoms with van der Waals surface area (Å²) in [6.07, 6.45) is 0.669. The molecule has 1 aromatic rings. The molecule has 1 amide bonds. The summed E-state index contributed by atoms with van der Waals surface area (Å²) in [5.74, 6) is 0. The highest BCUT2D eigenvalue weighted by molar-refractivity contribution is 9.10. The number of aryl methyl sites for hydroxylation is 1. The van der Waals surface area contributed by atoms with E-state index in [0.29, 0.717) is 6.41 Å². The minimum atomic E-state index is 0.669. The van der Waals surface area contributed by atoms with Crippen LogP contribution in [0.4, 0.5) is 5.69 Å². The van der Waals surface area contributed by atoms with Crippen molar-refractivity contribution in [2.75, 3.05) is 5.32 Å². The van der Waals surface area contributed by atoms with E-state index in [-0.39, 0.29) is 0 Å². The monoisotopic (exact) mass is 213 g/mol. The number of carbonyl (C=O) groups excluding carboxylic acids is 1. The van der Waals surface area contributed by atoms with Gasteiger partial charge in [-0.2, -0.15) is 0 Å². The number of halogens is 1. The molecule has 0 unspecified atom stereocenters. The van der Waals surface area contributed by atoms with Gasteiger partial charge in [0, 0.05) is 10.2 Å². The Balaban J connectivity index is 2.95. The lowest BCUT2D eigenvalue weighted by Gasteiger charge is -2.01. The summed E-state index contributed by atoms with van der Waals surface area (Å²) in [5.41, 5.74) is 1.93. The number of nitrogens with one attached hydrogen (secondary N) is 1. The normalized spacial score (nSPS) is 9.27. The molecule has 3 heteroatoms. The number of hydrogen-bond donors (Lipinski definition) is 1. The van der Waals surface area contributed by atoms with Crippen LogP contribution in [-0.4, -0.2) is 6.41 Å². The molecule has 0 bridgehead atoms. The Hall–Kier alpha value is -0.830. The van der Waals surface area contributed by atoms with Crippen LogP contribution in [0.1, 0.15) is 5.56 Å². The Morgan fingerprint density at radius 1 is 1.55 bits per heavy atom. The van der Waals surface area contributed by atoms with Crippen LogP contribution in [0.5, 0.6) is 0 Å². The van der Waals surface area contributed by atoms with E-state index < -0.39 is 0 Å². The molecule has 1 rings (SSSR count). The van der Waals surface area contributed by atoms with Crippen LogP contribution in [-0.2, 0) is 4.79 Å². The third-order valence-corrected chi connectivity index (χ3v) is 2.27. The van der Waals surface area contributed by atoms with Crippen LogP contribution in [0.15, 0.2) is 22.7 Å². The zero-order valence-electron chi connectivity index (χ0n) is 6.10. The molecule has 0 saturated carbocycles. The smallest absolute Gasteiger partial charge is 0.211 e. The van der Waals surface area contributed by atoms with Crippen LogP contribution < -0.4 is 5.32 Å². The molecule has 0 heterocycles. The summed E-state index contributed by atoms with van der Waals surface area (Å²) < 4.78 is 1.05. The lowest BCUT2D eigenvalue weighted by molar-refractivity contribution is -0.105. The molecule has 0 fully saturated rings. The van der Waals surface area contributed by atoms with Crippen LogP contribution in [0, 0.1) is 6.92 Å². The number of amides is 1. The molecule has 0 aliphatic rings. The van der Waals surface area contributed by atoms with Crippen molar-refractivity contribution in [1.29, 1.82) is 0 Å². The zero-order valence-corrected chi connectivity index (χ0v) is 7.68. The molecule has 0 aromatic heterocycles. The highest BCUT2D eigenvalue weighted by Crippen LogP contribution is 2.19. The first kappa shape index (κ1) is 8.27. The Kier molecular flexibility index (Phi) is 2.65. The lowest BCUT2D eigenvalue weighted by atomic mass is 10.2. The average molecular weight is 214 g/mol. The second-order valence-electron chi connectivity index (χ2n) is 2.23. The maximum absolute atomic E-state index is 10.0. The molecule has 1 N–H and O–H groups in total. The molecule has 58 valence electrons. The molecule has 0 aliphatic carbocycles. The number of carbonyl (C=O) groups is 1. The third kappa shape index (κ3) is 2.05. The van der Waals surface area contributed by atoms with E-state index in [1.807, 2.05) is 25.1 Å². The highest BCUT2D eigenvalue weighted by atomic mass is 79.9. The van der Waals surface area contributed by atoms with Crippen LogP contribution in [0.2, 0.25) is 0 Å². The van der Waals surface area contributed by atoms with E-state index in [4.69, 9.17) is 0 Å². The predicted octanol–water partition coefficient (Wildman–Crippen LogP) is 2.33. The summed E-state index contributed by atoms with van der Waals surface area (Å²) >= 11 is 3.36. The molecular formula is C8H8BrNO. The summed E-state index contributed by atoms with van der Waals surface area (Å²) in [4.78, 5) is 10.0. The minimum Gasteiger partial charge on any atom is -0.329 e. The van der Waals surface area contributed by atoms with Crippen LogP contribution >= 0.6 is 15.9 Å². The molecular weight excluding hydrogens is 206 g/mol. The van der Waals surface area contributed by atoms with Crippen LogP contribution in [0.3, 0.4) is 0 Å². The van der Waals surface area contributed by atoms with Gasteiger partial charge >= 0.3 is 0 Å². The SMILES string of the molecule is Cc1cc(NC=O)ccc1Br. The number of rotatable bonds is 2. The van der Waals surface area contributed by atoms with Crippen molar-refractivity contribution in [3.63, 3.8) is 0 Å². The fourth-order valence-electron chi connectivity index (χ4n) is 0.803. The van der Waals surface area contributed by atoms with Gasteiger partial charge < -0.3 is 5.32 Å². The highest BCUT2D eigenvalue weighted by Gasteiger charge is 1.94. The van der Waals surface area contributed by atoms with Gasteiger partial charge in [-0.3, -0.25) is 4.79 Å². The van der Waals surface area contributed by atoms with Crippen molar-refractivity contribution in [2.24, 2.45) is 0 Å². The lowest BCUT2D eigenvalue weighted by Crippen LogP contribution is -1.93. The van der Waals surface area contributed by atoms with E-state index in [2.05, 4.69) is 21.2 Å². The van der Waals surface area contributed by atoms with Crippen molar-refractivity contribution < 1.29 is 4.79 Å². The van der Waals surface area contributed by atoms with Crippen molar-refractivity contribution in [3.05, 3.63) is 28.2 Å². The second kappa shape index (κ2) is 3.53. The quantitative estimate of drug-likeness (QED) is 0.752. The first-order chi connectivity index (χ1) is 5.24. The fraction of sp³-hybridized carbons (Fsp3) is 0.125. The van der Waals surface area contributed by atoms with Crippen LogP contribution in [0.25, 0.3) is 0 Å². The van der Waals surface area contributed by atoms with E-state index >= 15 is 0 Å². The van der Waals surface area contributed by atoms with Gasteiger partial charge in [0.25, 0.3) is 0 Å². The molecule has 1 aromatic carbocycles. The van der Waals surface area contributed by atoms with Gasteiger partial charge in [0.1, 0.15) is 0 Å². The van der Waals surface area contributed by atoms with Gasteiger partial charge in [0.2, 0.25) is 6.41 Å². The second-order valence-corrected chi connectivity index (χ2v) is 3.08. The summed E-state index contributed by atoms with van der Waals surface area (Å²) in [5, 5.41) is 2.57. The van der Waals surface area contributed by atoms with Crippen molar-refractivity contribution >= 4 is 28.0 Å². The molecule has 0 radical (unpaired) electrons. The van der Waals surface area contributed by atoms with E-state index in [1.54, 1.807) is 0 Å². The third-order valence-electron chi connectivity index (χ3n) is 1.38. The maximum atomic E-state index is 10.0. The van der Waals surface area contributed by atoms with Gasteiger partial charge in [-0.1, -0.05) is 15.9 Å². The minimum absolute atomic E-state index is 0.669. The van der Waals surface area contributed by atoms with Crippen molar-refractivity contribution in [1.82, 2.24) is 0 Å². The fourth-order valence-corrected chi connectivity index (χ4v) is 1.05. The summed E-state index contributed by atoms with van der Waals surface area (Å²) in [6, 6.07) is 5.64. The number of anilines is 1. The van der Waals surface area contributed by atoms with Gasteiger partial charge in [-0.25, -0.2) is 0 Å². The summed E-state index contributed by atoms with van der Waals surface area (Å²) in [6.45, 7) is 1.97. The number of hydrogen-bond acceptors (Lipinski definition) is 1. The Bertz CT molecular complexity index is 273. The molecule has 2 nitrogen and oxygen atoms in total. The van der Waals surface area contributed by atoms with Gasteiger partial charge in [-0.05, 0) is 30.7 Å². The first-order valence-electron chi connectivity index (χ1n) is 3.20. The topological polar surface area (TPSA) is 29.1 Å². The van der Waals surface area contributed by atoms with E-state index in [0.717, 1.165) is 15.7 Å². The van der Waals surface area contributed by atoms with Crippen molar-refractivity contribution in [2.45, 2.75) is 6.92 Å². The van der Waals surface area contributed by atoms with E-state index in [9.17, 15) is 4.79 Å². The van der Waals surface area contributed by atoms with Gasteiger partial charge in [0.15, 0.2) is 0 Å². The molecule has 11 heavy (non-hydrogen) atoms. The van der Waals surface area contributed by atoms with Crippen molar-refractivity contribution in [3.8, 4) is 0 Å². The zero-order chi connectivity index (χ0) is 8.27. The van der Waals surface area contributed by atoms with Gasteiger partial charge in [-0.15, -0.1) is 0 Å². The molecule has 0 aliphatic heterocycles. The Morgan fingerprint density at radius 2 is 2.27 bits per heavy atom. The first-order valence-corrected chi connectivity index (χ1v) is 3.99. The predicted molar refractivity (Wildman–Crippen MR) is 48.6 cm³/mol.